The Labute approximate surface area is 150 Å². The lowest BCUT2D eigenvalue weighted by atomic mass is 10.2. The van der Waals surface area contributed by atoms with Crippen LogP contribution in [0.25, 0.3) is 0 Å². The maximum absolute atomic E-state index is 12.5. The molecule has 0 fully saturated rings. The Morgan fingerprint density at radius 1 is 1.12 bits per heavy atom. The zero-order valence-electron chi connectivity index (χ0n) is 14.1. The van der Waals surface area contributed by atoms with E-state index in [4.69, 9.17) is 4.74 Å². The van der Waals surface area contributed by atoms with E-state index in [0.29, 0.717) is 18.0 Å². The molecular formula is C18H19F2NO4S. The van der Waals surface area contributed by atoms with Gasteiger partial charge in [0.05, 0.1) is 17.2 Å². The highest BCUT2D eigenvalue weighted by Crippen LogP contribution is 2.25. The molecule has 140 valence electrons. The number of amides is 1. The quantitative estimate of drug-likeness (QED) is 0.696. The molecule has 2 rings (SSSR count). The Hall–Kier alpha value is -2.48. The minimum absolute atomic E-state index is 0.140. The number of rotatable bonds is 8. The standard InChI is InChI=1S/C18H19F2NO4S/c1-2-3-12-25-16-7-5-4-6-15(16)21-17(22)13-8-10-14(11-9-13)26(23,24)18(19)20/h4-11,18H,2-3,12H2,1H3,(H,21,22). The number of alkyl halides is 2. The summed E-state index contributed by atoms with van der Waals surface area (Å²) in [6, 6.07) is 11.3. The zero-order valence-corrected chi connectivity index (χ0v) is 14.9. The Morgan fingerprint density at radius 3 is 2.38 bits per heavy atom. The largest absolute Gasteiger partial charge is 0.491 e. The number of para-hydroxylation sites is 2. The minimum atomic E-state index is -4.68. The van der Waals surface area contributed by atoms with Crippen molar-refractivity contribution in [1.82, 2.24) is 0 Å². The van der Waals surface area contributed by atoms with Gasteiger partial charge in [0.25, 0.3) is 5.91 Å². The Balaban J connectivity index is 2.14. The van der Waals surface area contributed by atoms with Gasteiger partial charge in [-0.1, -0.05) is 25.5 Å². The molecule has 0 aromatic heterocycles. The van der Waals surface area contributed by atoms with Crippen LogP contribution in [0.3, 0.4) is 0 Å². The number of carbonyl (C=O) groups excluding carboxylic acids is 1. The number of hydrogen-bond acceptors (Lipinski definition) is 4. The van der Waals surface area contributed by atoms with Crippen LogP contribution in [0.2, 0.25) is 0 Å². The van der Waals surface area contributed by atoms with Crippen LogP contribution in [0.4, 0.5) is 14.5 Å². The predicted octanol–water partition coefficient (Wildman–Crippen LogP) is 4.11. The summed E-state index contributed by atoms with van der Waals surface area (Å²) in [7, 11) is -4.68. The normalized spacial score (nSPS) is 11.4. The third-order valence-corrected chi connectivity index (χ3v) is 4.97. The van der Waals surface area contributed by atoms with Crippen molar-refractivity contribution in [2.75, 3.05) is 11.9 Å². The zero-order chi connectivity index (χ0) is 19.2. The number of nitrogens with one attached hydrogen (secondary N) is 1. The number of unbranched alkanes of at least 4 members (excludes halogenated alkanes) is 1. The lowest BCUT2D eigenvalue weighted by Crippen LogP contribution is -2.14. The summed E-state index contributed by atoms with van der Waals surface area (Å²) in [4.78, 5) is 11.8. The van der Waals surface area contributed by atoms with Crippen LogP contribution < -0.4 is 10.1 Å². The first-order valence-electron chi connectivity index (χ1n) is 8.01. The minimum Gasteiger partial charge on any atom is -0.491 e. The molecule has 1 amide bonds. The Morgan fingerprint density at radius 2 is 1.77 bits per heavy atom. The Bertz CT molecular complexity index is 852. The second kappa shape index (κ2) is 8.75. The van der Waals surface area contributed by atoms with Crippen LogP contribution in [0.15, 0.2) is 53.4 Å². The number of halogens is 2. The van der Waals surface area contributed by atoms with Gasteiger partial charge in [-0.25, -0.2) is 8.42 Å². The monoisotopic (exact) mass is 383 g/mol. The number of sulfone groups is 1. The molecule has 2 aromatic rings. The van der Waals surface area contributed by atoms with E-state index in [-0.39, 0.29) is 5.56 Å². The van der Waals surface area contributed by atoms with Gasteiger partial charge in [0.15, 0.2) is 0 Å². The molecule has 8 heteroatoms. The molecule has 0 radical (unpaired) electrons. The van der Waals surface area contributed by atoms with Crippen LogP contribution in [0.1, 0.15) is 30.1 Å². The van der Waals surface area contributed by atoms with Crippen molar-refractivity contribution < 1.29 is 26.7 Å². The number of benzene rings is 2. The molecular weight excluding hydrogens is 364 g/mol. The number of anilines is 1. The first kappa shape index (κ1) is 19.8. The highest BCUT2D eigenvalue weighted by atomic mass is 32.2. The third-order valence-electron chi connectivity index (χ3n) is 3.57. The molecule has 0 saturated carbocycles. The molecule has 2 aromatic carbocycles. The highest BCUT2D eigenvalue weighted by molar-refractivity contribution is 7.91. The summed E-state index contributed by atoms with van der Waals surface area (Å²) in [6.07, 6.45) is 1.85. The molecule has 26 heavy (non-hydrogen) atoms. The smallest absolute Gasteiger partial charge is 0.341 e. The fourth-order valence-corrected chi connectivity index (χ4v) is 2.84. The summed E-state index contributed by atoms with van der Waals surface area (Å²) in [5.41, 5.74) is 0.611. The molecule has 0 aliphatic heterocycles. The van der Waals surface area contributed by atoms with Gasteiger partial charge in [-0.15, -0.1) is 0 Å². The fourth-order valence-electron chi connectivity index (χ4n) is 2.12. The molecule has 0 saturated heterocycles. The van der Waals surface area contributed by atoms with E-state index in [1.165, 1.54) is 12.1 Å². The molecule has 0 aliphatic rings. The van der Waals surface area contributed by atoms with E-state index in [1.807, 2.05) is 6.92 Å². The second-order valence-electron chi connectivity index (χ2n) is 5.48. The van der Waals surface area contributed by atoms with Crippen molar-refractivity contribution in [3.05, 3.63) is 54.1 Å². The fraction of sp³-hybridized carbons (Fsp3) is 0.278. The van der Waals surface area contributed by atoms with Crippen LogP contribution in [-0.2, 0) is 9.84 Å². The molecule has 5 nitrogen and oxygen atoms in total. The summed E-state index contributed by atoms with van der Waals surface area (Å²) in [5.74, 6) is -3.49. The molecule has 1 N–H and O–H groups in total. The van der Waals surface area contributed by atoms with Gasteiger partial charge < -0.3 is 10.1 Å². The molecule has 0 bridgehead atoms. The summed E-state index contributed by atoms with van der Waals surface area (Å²) in [5, 5.41) is 2.67. The van der Waals surface area contributed by atoms with Gasteiger partial charge in [0.2, 0.25) is 9.84 Å². The summed E-state index contributed by atoms with van der Waals surface area (Å²) in [6.45, 7) is 2.55. The van der Waals surface area contributed by atoms with Crippen molar-refractivity contribution in [2.24, 2.45) is 0 Å². The molecule has 0 aliphatic carbocycles. The van der Waals surface area contributed by atoms with Crippen molar-refractivity contribution in [2.45, 2.75) is 30.4 Å². The number of hydrogen-bond donors (Lipinski definition) is 1. The van der Waals surface area contributed by atoms with Crippen molar-refractivity contribution in [3.8, 4) is 5.75 Å². The average molecular weight is 383 g/mol. The van der Waals surface area contributed by atoms with E-state index in [1.54, 1.807) is 24.3 Å². The second-order valence-corrected chi connectivity index (χ2v) is 7.40. The SMILES string of the molecule is CCCCOc1ccccc1NC(=O)c1ccc(S(=O)(=O)C(F)F)cc1. The van der Waals surface area contributed by atoms with Gasteiger partial charge >= 0.3 is 5.76 Å². The van der Waals surface area contributed by atoms with Crippen LogP contribution in [0, 0.1) is 0 Å². The Kier molecular flexibility index (Phi) is 6.68. The molecule has 0 unspecified atom stereocenters. The molecule has 0 heterocycles. The van der Waals surface area contributed by atoms with Gasteiger partial charge in [-0.2, -0.15) is 8.78 Å². The first-order valence-corrected chi connectivity index (χ1v) is 9.56. The van der Waals surface area contributed by atoms with E-state index in [0.717, 1.165) is 25.0 Å². The summed E-state index contributed by atoms with van der Waals surface area (Å²) >= 11 is 0. The van der Waals surface area contributed by atoms with Crippen molar-refractivity contribution in [1.29, 1.82) is 0 Å². The maximum Gasteiger partial charge on any atom is 0.341 e. The van der Waals surface area contributed by atoms with E-state index >= 15 is 0 Å². The van der Waals surface area contributed by atoms with E-state index < -0.39 is 26.4 Å². The first-order chi connectivity index (χ1) is 12.4. The van der Waals surface area contributed by atoms with Crippen LogP contribution in [-0.4, -0.2) is 26.7 Å². The number of ether oxygens (including phenoxy) is 1. The van der Waals surface area contributed by atoms with Gasteiger partial charge in [-0.3, -0.25) is 4.79 Å². The topological polar surface area (TPSA) is 72.5 Å². The predicted molar refractivity (Wildman–Crippen MR) is 94.4 cm³/mol. The summed E-state index contributed by atoms with van der Waals surface area (Å²) < 4.78 is 53.5. The van der Waals surface area contributed by atoms with Crippen molar-refractivity contribution in [3.63, 3.8) is 0 Å². The molecule has 0 atom stereocenters. The van der Waals surface area contributed by atoms with E-state index in [2.05, 4.69) is 5.32 Å². The molecule has 0 spiro atoms. The van der Waals surface area contributed by atoms with Gasteiger partial charge in [0.1, 0.15) is 5.75 Å². The van der Waals surface area contributed by atoms with Crippen molar-refractivity contribution >= 4 is 21.4 Å². The van der Waals surface area contributed by atoms with E-state index in [9.17, 15) is 22.0 Å². The lowest BCUT2D eigenvalue weighted by molar-refractivity contribution is 0.102. The third kappa shape index (κ3) is 4.78. The number of carbonyl (C=O) groups is 1. The van der Waals surface area contributed by atoms with Crippen LogP contribution >= 0.6 is 0 Å². The lowest BCUT2D eigenvalue weighted by Gasteiger charge is -2.12. The maximum atomic E-state index is 12.5. The highest BCUT2D eigenvalue weighted by Gasteiger charge is 2.26. The van der Waals surface area contributed by atoms with Gasteiger partial charge in [0, 0.05) is 5.56 Å². The van der Waals surface area contributed by atoms with Gasteiger partial charge in [-0.05, 0) is 42.8 Å². The average Bonchev–Trinajstić information content (AvgIpc) is 2.63. The van der Waals surface area contributed by atoms with Crippen LogP contribution in [0.5, 0.6) is 5.75 Å².